The molecule has 0 aromatic heterocycles. The van der Waals surface area contributed by atoms with Crippen LogP contribution in [0.1, 0.15) is 51.9 Å². The summed E-state index contributed by atoms with van der Waals surface area (Å²) in [5.74, 6) is 4.21. The fraction of sp³-hybridized carbons (Fsp3) is 1.00. The fourth-order valence-corrected chi connectivity index (χ4v) is 6.23. The second-order valence-electron chi connectivity index (χ2n) is 8.05. The van der Waals surface area contributed by atoms with Gasteiger partial charge in [-0.15, -0.1) is 0 Å². The smallest absolute Gasteiger partial charge is 0.0217 e. The lowest BCUT2D eigenvalue weighted by Gasteiger charge is -2.60. The van der Waals surface area contributed by atoms with Gasteiger partial charge in [-0.1, -0.05) is 6.92 Å². The Hall–Kier alpha value is -0.0800. The first kappa shape index (κ1) is 12.6. The minimum Gasteiger partial charge on any atom is -0.317 e. The molecule has 5 rings (SSSR count). The zero-order valence-corrected chi connectivity index (χ0v) is 12.5. The predicted molar refractivity (Wildman–Crippen MR) is 79.1 cm³/mol. The number of likely N-dealkylation sites (tertiary alicyclic amines) is 1. The summed E-state index contributed by atoms with van der Waals surface area (Å²) >= 11 is 0. The van der Waals surface area contributed by atoms with Crippen LogP contribution in [0, 0.1) is 23.7 Å². The van der Waals surface area contributed by atoms with Gasteiger partial charge in [0.25, 0.3) is 0 Å². The van der Waals surface area contributed by atoms with Crippen molar-refractivity contribution in [3.05, 3.63) is 0 Å². The van der Waals surface area contributed by atoms with Crippen LogP contribution in [0.15, 0.2) is 0 Å². The summed E-state index contributed by atoms with van der Waals surface area (Å²) in [7, 11) is 0. The Balaban J connectivity index is 1.45. The summed E-state index contributed by atoms with van der Waals surface area (Å²) < 4.78 is 0. The lowest BCUT2D eigenvalue weighted by Crippen LogP contribution is -2.59. The van der Waals surface area contributed by atoms with E-state index in [0.717, 1.165) is 30.2 Å². The molecule has 1 aliphatic heterocycles. The first-order chi connectivity index (χ1) is 9.27. The SMILES string of the molecule is CCNCC1CCN(C23CC4CC(CC(C4)C2)C3)C1. The molecule has 4 saturated carbocycles. The summed E-state index contributed by atoms with van der Waals surface area (Å²) in [6, 6.07) is 0. The van der Waals surface area contributed by atoms with Crippen molar-refractivity contribution in [2.45, 2.75) is 57.4 Å². The lowest BCUT2D eigenvalue weighted by molar-refractivity contribution is -0.0813. The molecule has 4 bridgehead atoms. The number of hydrogen-bond donors (Lipinski definition) is 1. The molecule has 1 saturated heterocycles. The molecule has 0 aromatic rings. The van der Waals surface area contributed by atoms with E-state index in [1.54, 1.807) is 38.5 Å². The van der Waals surface area contributed by atoms with Gasteiger partial charge in [-0.25, -0.2) is 0 Å². The van der Waals surface area contributed by atoms with Crippen LogP contribution in [-0.4, -0.2) is 36.6 Å². The maximum absolute atomic E-state index is 3.56. The van der Waals surface area contributed by atoms with Crippen molar-refractivity contribution in [3.63, 3.8) is 0 Å². The van der Waals surface area contributed by atoms with Crippen LogP contribution >= 0.6 is 0 Å². The number of nitrogens with one attached hydrogen (secondary N) is 1. The molecule has 1 unspecified atom stereocenters. The van der Waals surface area contributed by atoms with E-state index in [0.29, 0.717) is 5.54 Å². The van der Waals surface area contributed by atoms with Crippen molar-refractivity contribution < 1.29 is 0 Å². The van der Waals surface area contributed by atoms with Crippen molar-refractivity contribution in [3.8, 4) is 0 Å². The standard InChI is InChI=1S/C17H30N2/c1-2-18-11-13-3-4-19(12-13)17-8-14-5-15(9-17)7-16(6-14)10-17/h13-16,18H,2-12H2,1H3. The first-order valence-corrected chi connectivity index (χ1v) is 8.73. The molecule has 2 heteroatoms. The van der Waals surface area contributed by atoms with Gasteiger partial charge in [-0.2, -0.15) is 0 Å². The van der Waals surface area contributed by atoms with Crippen molar-refractivity contribution in [1.29, 1.82) is 0 Å². The normalized spacial score (nSPS) is 49.1. The van der Waals surface area contributed by atoms with Crippen LogP contribution in [0.5, 0.6) is 0 Å². The summed E-state index contributed by atoms with van der Waals surface area (Å²) in [6.45, 7) is 7.39. The van der Waals surface area contributed by atoms with Gasteiger partial charge >= 0.3 is 0 Å². The van der Waals surface area contributed by atoms with Crippen molar-refractivity contribution in [1.82, 2.24) is 10.2 Å². The Kier molecular flexibility index (Phi) is 3.15. The van der Waals surface area contributed by atoms with Crippen LogP contribution in [0.3, 0.4) is 0 Å². The molecule has 1 atom stereocenters. The zero-order valence-electron chi connectivity index (χ0n) is 12.5. The average Bonchev–Trinajstić information content (AvgIpc) is 2.84. The third-order valence-corrected chi connectivity index (χ3v) is 6.65. The Bertz CT molecular complexity index is 303. The molecule has 0 aromatic carbocycles. The maximum Gasteiger partial charge on any atom is 0.0217 e. The third kappa shape index (κ3) is 2.15. The van der Waals surface area contributed by atoms with Gasteiger partial charge in [0.05, 0.1) is 0 Å². The molecular formula is C17H30N2. The fourth-order valence-electron chi connectivity index (χ4n) is 6.23. The van der Waals surface area contributed by atoms with Crippen molar-refractivity contribution in [2.24, 2.45) is 23.7 Å². The Morgan fingerprint density at radius 1 is 1.05 bits per heavy atom. The molecule has 0 radical (unpaired) electrons. The molecular weight excluding hydrogens is 232 g/mol. The predicted octanol–water partition coefficient (Wildman–Crippen LogP) is 2.89. The first-order valence-electron chi connectivity index (χ1n) is 8.73. The Labute approximate surface area is 118 Å². The number of hydrogen-bond acceptors (Lipinski definition) is 2. The van der Waals surface area contributed by atoms with Gasteiger partial charge in [0, 0.05) is 12.1 Å². The van der Waals surface area contributed by atoms with Gasteiger partial charge < -0.3 is 5.32 Å². The monoisotopic (exact) mass is 262 g/mol. The summed E-state index contributed by atoms with van der Waals surface area (Å²) in [6.07, 6.45) is 10.8. The highest BCUT2D eigenvalue weighted by Gasteiger charge is 2.54. The second-order valence-corrected chi connectivity index (χ2v) is 8.05. The van der Waals surface area contributed by atoms with Gasteiger partial charge in [-0.3, -0.25) is 4.90 Å². The van der Waals surface area contributed by atoms with Gasteiger partial charge in [0.15, 0.2) is 0 Å². The largest absolute Gasteiger partial charge is 0.317 e. The molecule has 19 heavy (non-hydrogen) atoms. The molecule has 0 spiro atoms. The molecule has 2 nitrogen and oxygen atoms in total. The summed E-state index contributed by atoms with van der Waals surface area (Å²) in [5, 5.41) is 3.56. The second kappa shape index (κ2) is 4.73. The molecule has 4 aliphatic carbocycles. The summed E-state index contributed by atoms with van der Waals surface area (Å²) in [5.41, 5.74) is 0.662. The number of nitrogens with zero attached hydrogens (tertiary/aromatic N) is 1. The highest BCUT2D eigenvalue weighted by Crippen LogP contribution is 2.58. The molecule has 1 N–H and O–H groups in total. The highest BCUT2D eigenvalue weighted by molar-refractivity contribution is 5.08. The molecule has 108 valence electrons. The number of rotatable bonds is 4. The van der Waals surface area contributed by atoms with E-state index in [1.165, 1.54) is 26.1 Å². The van der Waals surface area contributed by atoms with Crippen LogP contribution < -0.4 is 5.32 Å². The van der Waals surface area contributed by atoms with E-state index in [9.17, 15) is 0 Å². The maximum atomic E-state index is 3.56. The molecule has 5 aliphatic rings. The van der Waals surface area contributed by atoms with Crippen LogP contribution in [0.4, 0.5) is 0 Å². The Morgan fingerprint density at radius 2 is 1.68 bits per heavy atom. The third-order valence-electron chi connectivity index (χ3n) is 6.65. The topological polar surface area (TPSA) is 15.3 Å². The van der Waals surface area contributed by atoms with E-state index in [1.807, 2.05) is 0 Å². The van der Waals surface area contributed by atoms with Gasteiger partial charge in [0.1, 0.15) is 0 Å². The van der Waals surface area contributed by atoms with E-state index >= 15 is 0 Å². The van der Waals surface area contributed by atoms with E-state index in [4.69, 9.17) is 0 Å². The van der Waals surface area contributed by atoms with Crippen LogP contribution in [0.25, 0.3) is 0 Å². The minimum absolute atomic E-state index is 0.662. The van der Waals surface area contributed by atoms with Crippen LogP contribution in [0.2, 0.25) is 0 Å². The lowest BCUT2D eigenvalue weighted by atomic mass is 9.52. The van der Waals surface area contributed by atoms with Crippen LogP contribution in [-0.2, 0) is 0 Å². The highest BCUT2D eigenvalue weighted by atomic mass is 15.2. The van der Waals surface area contributed by atoms with E-state index < -0.39 is 0 Å². The van der Waals surface area contributed by atoms with E-state index in [-0.39, 0.29) is 0 Å². The minimum atomic E-state index is 0.662. The van der Waals surface area contributed by atoms with Crippen molar-refractivity contribution in [2.75, 3.05) is 26.2 Å². The van der Waals surface area contributed by atoms with Gasteiger partial charge in [-0.05, 0) is 88.3 Å². The molecule has 1 heterocycles. The quantitative estimate of drug-likeness (QED) is 0.838. The summed E-state index contributed by atoms with van der Waals surface area (Å²) in [4.78, 5) is 2.94. The molecule has 5 fully saturated rings. The van der Waals surface area contributed by atoms with Crippen molar-refractivity contribution >= 4 is 0 Å². The van der Waals surface area contributed by atoms with Gasteiger partial charge in [0.2, 0.25) is 0 Å². The zero-order chi connectivity index (χ0) is 12.9. The van der Waals surface area contributed by atoms with E-state index in [2.05, 4.69) is 17.1 Å². The molecule has 0 amide bonds. The average molecular weight is 262 g/mol. The Morgan fingerprint density at radius 3 is 2.26 bits per heavy atom.